The van der Waals surface area contributed by atoms with E-state index in [1.165, 1.54) is 48.3 Å². The molecule has 0 N–H and O–H groups in total. The van der Waals surface area contributed by atoms with E-state index in [4.69, 9.17) is 34.8 Å². The molecule has 238 valence electrons. The van der Waals surface area contributed by atoms with Crippen molar-refractivity contribution >= 4 is 101 Å². The second-order valence-corrected chi connectivity index (χ2v) is 17.7. The van der Waals surface area contributed by atoms with Gasteiger partial charge in [-0.15, -0.1) is 0 Å². The van der Waals surface area contributed by atoms with Crippen LogP contribution in [0.4, 0.5) is 0 Å². The summed E-state index contributed by atoms with van der Waals surface area (Å²) in [5, 5.41) is 5.30. The Labute approximate surface area is 300 Å². The number of alkyl halides is 3. The topological polar surface area (TPSA) is 0 Å². The lowest BCUT2D eigenvalue weighted by Gasteiger charge is -2.23. The van der Waals surface area contributed by atoms with Crippen molar-refractivity contribution in [3.05, 3.63) is 93.5 Å². The van der Waals surface area contributed by atoms with Gasteiger partial charge in [0.15, 0.2) is 4.30 Å². The van der Waals surface area contributed by atoms with Gasteiger partial charge in [0, 0.05) is 32.7 Å². The predicted octanol–water partition coefficient (Wildman–Crippen LogP) is 15.3. The minimum atomic E-state index is -0.750. The third-order valence-corrected chi connectivity index (χ3v) is 8.05. The van der Waals surface area contributed by atoms with E-state index in [9.17, 15) is 0 Å². The van der Waals surface area contributed by atoms with Gasteiger partial charge in [-0.25, -0.2) is 0 Å². The first-order valence-electron chi connectivity index (χ1n) is 14.4. The Bertz CT molecular complexity index is 1410. The maximum Gasteiger partial charge on any atom is 0.180 e. The SMILES string of the molecule is BrBr.CC(C)(C)c1ccc2c(Br)c(C(C)(C)C)ccc2c1.CC(C)(C)c1ccc2cc(C(C)(C)C)ccc2c1.ClC(Cl)Cl. The lowest BCUT2D eigenvalue weighted by Crippen LogP contribution is -2.13. The third kappa shape index (κ3) is 12.8. The summed E-state index contributed by atoms with van der Waals surface area (Å²) in [6.07, 6.45) is 0. The van der Waals surface area contributed by atoms with Gasteiger partial charge in [-0.05, 0) is 81.4 Å². The van der Waals surface area contributed by atoms with E-state index in [1.54, 1.807) is 0 Å². The van der Waals surface area contributed by atoms with E-state index in [0.717, 1.165) is 0 Å². The van der Waals surface area contributed by atoms with Gasteiger partial charge in [0.25, 0.3) is 0 Å². The van der Waals surface area contributed by atoms with Gasteiger partial charge in [0.2, 0.25) is 0 Å². The predicted molar refractivity (Wildman–Crippen MR) is 210 cm³/mol. The average Bonchev–Trinajstić information content (AvgIpc) is 2.87. The molecular weight excluding hydrogens is 790 g/mol. The molecule has 0 spiro atoms. The molecule has 0 radical (unpaired) electrons. The molecule has 0 saturated heterocycles. The van der Waals surface area contributed by atoms with E-state index >= 15 is 0 Å². The lowest BCUT2D eigenvalue weighted by molar-refractivity contribution is 0.587. The van der Waals surface area contributed by atoms with Crippen LogP contribution in [-0.4, -0.2) is 4.30 Å². The Morgan fingerprint density at radius 3 is 1.09 bits per heavy atom. The van der Waals surface area contributed by atoms with Crippen LogP contribution in [0.1, 0.15) is 105 Å². The maximum absolute atomic E-state index is 4.81. The summed E-state index contributed by atoms with van der Waals surface area (Å²) >= 11 is 23.7. The molecule has 43 heavy (non-hydrogen) atoms. The highest BCUT2D eigenvalue weighted by molar-refractivity contribution is 9.93. The maximum atomic E-state index is 4.81. The highest BCUT2D eigenvalue weighted by atomic mass is 80.9. The molecule has 6 heteroatoms. The molecule has 4 rings (SSSR count). The smallest absolute Gasteiger partial charge is 0.0874 e. The van der Waals surface area contributed by atoms with Gasteiger partial charge in [0.1, 0.15) is 0 Å². The summed E-state index contributed by atoms with van der Waals surface area (Å²) in [6.45, 7) is 27.1. The van der Waals surface area contributed by atoms with Gasteiger partial charge in [-0.2, -0.15) is 0 Å². The monoisotopic (exact) mass is 834 g/mol. The molecule has 0 amide bonds. The second kappa shape index (κ2) is 16.5. The molecule has 0 saturated carbocycles. The fourth-order valence-electron chi connectivity index (χ4n) is 4.52. The summed E-state index contributed by atoms with van der Waals surface area (Å²) in [5.41, 5.74) is 6.35. The van der Waals surface area contributed by atoms with Crippen molar-refractivity contribution < 1.29 is 0 Å². The minimum absolute atomic E-state index is 0.162. The molecule has 0 atom stereocenters. The van der Waals surface area contributed by atoms with Crippen molar-refractivity contribution in [2.75, 3.05) is 0 Å². The van der Waals surface area contributed by atoms with Crippen molar-refractivity contribution in [3.8, 4) is 0 Å². The number of fused-ring (bicyclic) bond motifs is 2. The van der Waals surface area contributed by atoms with Gasteiger partial charge in [-0.3, -0.25) is 0 Å². The van der Waals surface area contributed by atoms with Crippen LogP contribution >= 0.6 is 79.0 Å². The molecular formula is C37H48Br3Cl3. The molecule has 0 fully saturated rings. The molecule has 0 bridgehead atoms. The van der Waals surface area contributed by atoms with Crippen molar-refractivity contribution in [1.82, 2.24) is 0 Å². The Morgan fingerprint density at radius 2 is 0.767 bits per heavy atom. The van der Waals surface area contributed by atoms with E-state index in [1.807, 2.05) is 0 Å². The van der Waals surface area contributed by atoms with Crippen LogP contribution in [0, 0.1) is 0 Å². The van der Waals surface area contributed by atoms with Crippen molar-refractivity contribution in [2.24, 2.45) is 0 Å². The fraction of sp³-hybridized carbons (Fsp3) is 0.459. The van der Waals surface area contributed by atoms with Gasteiger partial charge in [-0.1, -0.05) is 185 Å². The number of rotatable bonds is 0. The standard InChI is InChI=1S/C18H23Br.C18H24.CHCl3.Br2/c1-17(2,3)13-8-9-14-12(11-13)7-10-15(16(14)19)18(4,5)6;1-17(2,3)15-9-7-14-12-16(18(4,5)6)10-8-13(14)11-15;2-1(3)4;1-2/h7-11H,1-6H3;7-12H,1-6H3;1H;. The summed E-state index contributed by atoms with van der Waals surface area (Å²) in [7, 11) is 0. The Morgan fingerprint density at radius 1 is 0.465 bits per heavy atom. The summed E-state index contributed by atoms with van der Waals surface area (Å²) in [4.78, 5) is 0. The zero-order valence-electron chi connectivity index (χ0n) is 27.7. The highest BCUT2D eigenvalue weighted by Crippen LogP contribution is 2.37. The third-order valence-electron chi connectivity index (χ3n) is 7.20. The van der Waals surface area contributed by atoms with Gasteiger partial charge >= 0.3 is 0 Å². The molecule has 4 aromatic rings. The van der Waals surface area contributed by atoms with Crippen LogP contribution in [-0.2, 0) is 21.7 Å². The molecule has 0 heterocycles. The Balaban J connectivity index is 0.000000364. The molecule has 0 aliphatic heterocycles. The van der Waals surface area contributed by atoms with Crippen LogP contribution in [0.15, 0.2) is 71.2 Å². The zero-order valence-corrected chi connectivity index (χ0v) is 34.7. The normalized spacial score (nSPS) is 12.2. The molecule has 0 nitrogen and oxygen atoms in total. The molecule has 0 aromatic heterocycles. The number of hydrogen-bond donors (Lipinski definition) is 0. The van der Waals surface area contributed by atoms with Crippen molar-refractivity contribution in [1.29, 1.82) is 0 Å². The van der Waals surface area contributed by atoms with E-state index < -0.39 is 4.30 Å². The molecule has 0 aliphatic rings. The summed E-state index contributed by atoms with van der Waals surface area (Å²) in [6, 6.07) is 25.0. The van der Waals surface area contributed by atoms with E-state index in [0.29, 0.717) is 0 Å². The Hall–Kier alpha value is -0.290. The first-order chi connectivity index (χ1) is 19.5. The van der Waals surface area contributed by atoms with Gasteiger partial charge in [0.05, 0.1) is 0 Å². The number of benzene rings is 4. The van der Waals surface area contributed by atoms with Crippen molar-refractivity contribution in [2.45, 2.75) is 109 Å². The summed E-state index contributed by atoms with van der Waals surface area (Å²) < 4.78 is 0.484. The second-order valence-electron chi connectivity index (χ2n) is 14.9. The highest BCUT2D eigenvalue weighted by Gasteiger charge is 2.20. The van der Waals surface area contributed by atoms with E-state index in [-0.39, 0.29) is 21.7 Å². The van der Waals surface area contributed by atoms with Crippen LogP contribution in [0.2, 0.25) is 0 Å². The summed E-state index contributed by atoms with van der Waals surface area (Å²) in [5.74, 6) is 0. The first kappa shape index (κ1) is 40.7. The molecule has 0 unspecified atom stereocenters. The quantitative estimate of drug-likeness (QED) is 0.155. The lowest BCUT2D eigenvalue weighted by atomic mass is 9.83. The fourth-order valence-corrected chi connectivity index (χ4v) is 5.60. The minimum Gasteiger partial charge on any atom is -0.0874 e. The largest absolute Gasteiger partial charge is 0.180 e. The van der Waals surface area contributed by atoms with Crippen LogP contribution in [0.5, 0.6) is 0 Å². The molecule has 4 aromatic carbocycles. The van der Waals surface area contributed by atoms with Gasteiger partial charge < -0.3 is 0 Å². The molecule has 0 aliphatic carbocycles. The van der Waals surface area contributed by atoms with E-state index in [2.05, 4.69) is 194 Å². The van der Waals surface area contributed by atoms with Crippen LogP contribution in [0.25, 0.3) is 21.5 Å². The van der Waals surface area contributed by atoms with Crippen LogP contribution < -0.4 is 0 Å². The zero-order chi connectivity index (χ0) is 33.6. The first-order valence-corrected chi connectivity index (χ1v) is 20.2. The Kier molecular flexibility index (Phi) is 15.6. The average molecular weight is 839 g/mol. The van der Waals surface area contributed by atoms with Crippen LogP contribution in [0.3, 0.4) is 0 Å². The number of hydrogen-bond acceptors (Lipinski definition) is 0. The number of halogens is 6. The van der Waals surface area contributed by atoms with Crippen molar-refractivity contribution in [3.63, 3.8) is 0 Å².